The number of pyridine rings is 1. The van der Waals surface area contributed by atoms with Gasteiger partial charge in [-0.2, -0.15) is 0 Å². The number of hydrogen-bond acceptors (Lipinski definition) is 3. The van der Waals surface area contributed by atoms with Gasteiger partial charge in [-0.25, -0.2) is 0 Å². The fourth-order valence-corrected chi connectivity index (χ4v) is 1.47. The van der Waals surface area contributed by atoms with E-state index in [0.717, 1.165) is 24.3 Å². The maximum Gasteiger partial charge on any atom is 0.137 e. The third-order valence-corrected chi connectivity index (χ3v) is 2.80. The standard InChI is InChI=1S/C11H16N2O/c1-14-10-3-2-9(13-8-10)4-5-11(12)6-7-11/h2-3,8H,4-7,12H2,1H3. The van der Waals surface area contributed by atoms with Crippen LogP contribution in [0.4, 0.5) is 0 Å². The van der Waals surface area contributed by atoms with Crippen LogP contribution in [0.3, 0.4) is 0 Å². The van der Waals surface area contributed by atoms with E-state index in [2.05, 4.69) is 4.98 Å². The molecule has 14 heavy (non-hydrogen) atoms. The van der Waals surface area contributed by atoms with E-state index >= 15 is 0 Å². The summed E-state index contributed by atoms with van der Waals surface area (Å²) in [7, 11) is 1.65. The van der Waals surface area contributed by atoms with Gasteiger partial charge in [0.25, 0.3) is 0 Å². The Morgan fingerprint density at radius 1 is 1.50 bits per heavy atom. The number of aromatic nitrogens is 1. The number of rotatable bonds is 4. The molecule has 0 spiro atoms. The zero-order valence-electron chi connectivity index (χ0n) is 8.49. The van der Waals surface area contributed by atoms with Crippen molar-refractivity contribution in [2.75, 3.05) is 7.11 Å². The zero-order valence-corrected chi connectivity index (χ0v) is 8.49. The van der Waals surface area contributed by atoms with E-state index in [4.69, 9.17) is 10.5 Å². The van der Waals surface area contributed by atoms with Crippen LogP contribution in [0.15, 0.2) is 18.3 Å². The monoisotopic (exact) mass is 192 g/mol. The van der Waals surface area contributed by atoms with Gasteiger partial charge >= 0.3 is 0 Å². The number of methoxy groups -OCH3 is 1. The fourth-order valence-electron chi connectivity index (χ4n) is 1.47. The van der Waals surface area contributed by atoms with E-state index in [1.165, 1.54) is 12.8 Å². The van der Waals surface area contributed by atoms with Gasteiger partial charge in [0.15, 0.2) is 0 Å². The summed E-state index contributed by atoms with van der Waals surface area (Å²) in [4.78, 5) is 4.30. The SMILES string of the molecule is COc1ccc(CCC2(N)CC2)nc1. The molecular formula is C11H16N2O. The molecule has 0 atom stereocenters. The second kappa shape index (κ2) is 3.58. The van der Waals surface area contributed by atoms with Crippen LogP contribution in [0.1, 0.15) is 25.0 Å². The summed E-state index contributed by atoms with van der Waals surface area (Å²) in [5.41, 5.74) is 7.22. The third kappa shape index (κ3) is 2.23. The summed E-state index contributed by atoms with van der Waals surface area (Å²) in [6.45, 7) is 0. The molecule has 1 heterocycles. The van der Waals surface area contributed by atoms with Crippen LogP contribution in [0.5, 0.6) is 5.75 Å². The van der Waals surface area contributed by atoms with Crippen molar-refractivity contribution < 1.29 is 4.74 Å². The molecule has 0 aliphatic heterocycles. The van der Waals surface area contributed by atoms with Gasteiger partial charge in [-0.3, -0.25) is 4.98 Å². The molecule has 1 aromatic rings. The van der Waals surface area contributed by atoms with Crippen LogP contribution < -0.4 is 10.5 Å². The molecule has 76 valence electrons. The predicted molar refractivity (Wildman–Crippen MR) is 55.3 cm³/mol. The van der Waals surface area contributed by atoms with Gasteiger partial charge in [-0.15, -0.1) is 0 Å². The van der Waals surface area contributed by atoms with Crippen LogP contribution in [-0.4, -0.2) is 17.6 Å². The van der Waals surface area contributed by atoms with Gasteiger partial charge in [-0.1, -0.05) is 0 Å². The second-order valence-electron chi connectivity index (χ2n) is 4.05. The summed E-state index contributed by atoms with van der Waals surface area (Å²) in [5.74, 6) is 0.808. The summed E-state index contributed by atoms with van der Waals surface area (Å²) >= 11 is 0. The number of nitrogens with two attached hydrogens (primary N) is 1. The molecule has 1 aromatic heterocycles. The summed E-state index contributed by atoms with van der Waals surface area (Å²) in [6.07, 6.45) is 6.12. The lowest BCUT2D eigenvalue weighted by Gasteiger charge is -2.07. The molecule has 0 saturated heterocycles. The quantitative estimate of drug-likeness (QED) is 0.786. The summed E-state index contributed by atoms with van der Waals surface area (Å²) < 4.78 is 5.04. The molecule has 0 unspecified atom stereocenters. The Kier molecular flexibility index (Phi) is 2.42. The molecule has 0 radical (unpaired) electrons. The molecular weight excluding hydrogens is 176 g/mol. The van der Waals surface area contributed by atoms with Crippen molar-refractivity contribution in [1.82, 2.24) is 4.98 Å². The van der Waals surface area contributed by atoms with Crippen LogP contribution in [0.25, 0.3) is 0 Å². The topological polar surface area (TPSA) is 48.1 Å². The largest absolute Gasteiger partial charge is 0.495 e. The van der Waals surface area contributed by atoms with E-state index in [0.29, 0.717) is 0 Å². The zero-order chi connectivity index (χ0) is 10.0. The summed E-state index contributed by atoms with van der Waals surface area (Å²) in [5, 5.41) is 0. The molecule has 1 aliphatic rings. The smallest absolute Gasteiger partial charge is 0.137 e. The first kappa shape index (κ1) is 9.46. The number of hydrogen-bond donors (Lipinski definition) is 1. The van der Waals surface area contributed by atoms with Gasteiger partial charge in [0.2, 0.25) is 0 Å². The molecule has 1 fully saturated rings. The average molecular weight is 192 g/mol. The Balaban J connectivity index is 1.89. The minimum absolute atomic E-state index is 0.127. The highest BCUT2D eigenvalue weighted by Crippen LogP contribution is 2.36. The third-order valence-electron chi connectivity index (χ3n) is 2.80. The van der Waals surface area contributed by atoms with Gasteiger partial charge in [0.1, 0.15) is 5.75 Å². The van der Waals surface area contributed by atoms with Crippen LogP contribution in [0.2, 0.25) is 0 Å². The molecule has 0 bridgehead atoms. The highest BCUT2D eigenvalue weighted by molar-refractivity contribution is 5.20. The lowest BCUT2D eigenvalue weighted by molar-refractivity contribution is 0.412. The summed E-state index contributed by atoms with van der Waals surface area (Å²) in [6, 6.07) is 3.95. The first-order valence-electron chi connectivity index (χ1n) is 5.00. The van der Waals surface area contributed by atoms with Gasteiger partial charge in [0, 0.05) is 11.2 Å². The van der Waals surface area contributed by atoms with Crippen molar-refractivity contribution in [3.8, 4) is 5.75 Å². The molecule has 2 N–H and O–H groups in total. The number of aryl methyl sites for hydroxylation is 1. The van der Waals surface area contributed by atoms with Crippen LogP contribution in [0, 0.1) is 0 Å². The fraction of sp³-hybridized carbons (Fsp3) is 0.545. The van der Waals surface area contributed by atoms with E-state index in [1.807, 2.05) is 12.1 Å². The highest BCUT2D eigenvalue weighted by Gasteiger charge is 2.37. The van der Waals surface area contributed by atoms with E-state index in [9.17, 15) is 0 Å². The highest BCUT2D eigenvalue weighted by atomic mass is 16.5. The van der Waals surface area contributed by atoms with Crippen molar-refractivity contribution in [2.24, 2.45) is 5.73 Å². The van der Waals surface area contributed by atoms with Crippen LogP contribution >= 0.6 is 0 Å². The normalized spacial score (nSPS) is 17.9. The molecule has 3 heteroatoms. The Labute approximate surface area is 84.3 Å². The Morgan fingerprint density at radius 2 is 2.29 bits per heavy atom. The maximum absolute atomic E-state index is 6.00. The minimum atomic E-state index is 0.127. The molecule has 0 aromatic carbocycles. The van der Waals surface area contributed by atoms with Crippen LogP contribution in [-0.2, 0) is 6.42 Å². The molecule has 1 aliphatic carbocycles. The lowest BCUT2D eigenvalue weighted by Crippen LogP contribution is -2.22. The molecule has 2 rings (SSSR count). The Morgan fingerprint density at radius 3 is 2.79 bits per heavy atom. The van der Waals surface area contributed by atoms with E-state index in [-0.39, 0.29) is 5.54 Å². The van der Waals surface area contributed by atoms with Gasteiger partial charge < -0.3 is 10.5 Å². The molecule has 3 nitrogen and oxygen atoms in total. The first-order valence-corrected chi connectivity index (χ1v) is 5.00. The van der Waals surface area contributed by atoms with Gasteiger partial charge in [-0.05, 0) is 37.8 Å². The van der Waals surface area contributed by atoms with Crippen molar-refractivity contribution in [1.29, 1.82) is 0 Å². The van der Waals surface area contributed by atoms with Crippen molar-refractivity contribution >= 4 is 0 Å². The number of ether oxygens (including phenoxy) is 1. The predicted octanol–water partition coefficient (Wildman–Crippen LogP) is 1.51. The molecule has 1 saturated carbocycles. The number of nitrogens with zero attached hydrogens (tertiary/aromatic N) is 1. The first-order chi connectivity index (χ1) is 6.72. The van der Waals surface area contributed by atoms with Crippen molar-refractivity contribution in [3.05, 3.63) is 24.0 Å². The average Bonchev–Trinajstić information content (AvgIpc) is 2.95. The Bertz CT molecular complexity index is 304. The van der Waals surface area contributed by atoms with E-state index < -0.39 is 0 Å². The Hall–Kier alpha value is -1.09. The van der Waals surface area contributed by atoms with E-state index in [1.54, 1.807) is 13.3 Å². The maximum atomic E-state index is 6.00. The second-order valence-corrected chi connectivity index (χ2v) is 4.05. The van der Waals surface area contributed by atoms with Crippen molar-refractivity contribution in [2.45, 2.75) is 31.2 Å². The van der Waals surface area contributed by atoms with Crippen molar-refractivity contribution in [3.63, 3.8) is 0 Å². The minimum Gasteiger partial charge on any atom is -0.495 e. The lowest BCUT2D eigenvalue weighted by atomic mass is 10.1. The van der Waals surface area contributed by atoms with Gasteiger partial charge in [0.05, 0.1) is 13.3 Å². The molecule has 0 amide bonds.